The zero-order valence-corrected chi connectivity index (χ0v) is 13.7. The number of nitrogens with zero attached hydrogens (tertiary/aromatic N) is 1. The Kier molecular flexibility index (Phi) is 4.70. The minimum atomic E-state index is -1.66. The van der Waals surface area contributed by atoms with Crippen molar-refractivity contribution >= 4 is 17.5 Å². The lowest BCUT2D eigenvalue weighted by molar-refractivity contribution is -0.132. The monoisotopic (exact) mass is 356 g/mol. The Balaban J connectivity index is 1.59. The van der Waals surface area contributed by atoms with E-state index in [0.29, 0.717) is 19.2 Å². The zero-order chi connectivity index (χ0) is 18.2. The number of benzene rings is 1. The van der Waals surface area contributed by atoms with Crippen molar-refractivity contribution in [1.29, 1.82) is 0 Å². The molecule has 0 spiro atoms. The fourth-order valence-corrected chi connectivity index (χ4v) is 3.65. The molecule has 6 nitrogen and oxygen atoms in total. The van der Waals surface area contributed by atoms with Gasteiger partial charge >= 0.3 is 0 Å². The molecule has 2 fully saturated rings. The molecule has 0 unspecified atom stereocenters. The highest BCUT2D eigenvalue weighted by Crippen LogP contribution is 2.38. The number of anilines is 1. The second-order valence-corrected chi connectivity index (χ2v) is 6.63. The summed E-state index contributed by atoms with van der Waals surface area (Å²) >= 11 is 0. The molecule has 1 aromatic rings. The molecule has 3 rings (SSSR count). The third kappa shape index (κ3) is 3.21. The molecule has 0 saturated carbocycles. The number of rotatable bonds is 4. The molecule has 25 heavy (non-hydrogen) atoms. The summed E-state index contributed by atoms with van der Waals surface area (Å²) in [5.41, 5.74) is -1.06. The van der Waals surface area contributed by atoms with Crippen LogP contribution in [0.25, 0.3) is 0 Å². The molecular weight excluding hydrogens is 337 g/mol. The van der Waals surface area contributed by atoms with Crippen LogP contribution in [-0.4, -0.2) is 56.5 Å². The van der Waals surface area contributed by atoms with Gasteiger partial charge in [-0.2, -0.15) is 0 Å². The lowest BCUT2D eigenvalue weighted by atomic mass is 9.80. The molecular formula is C16H19F3N4O2. The summed E-state index contributed by atoms with van der Waals surface area (Å²) in [5.74, 6) is -5.26. The van der Waals surface area contributed by atoms with Gasteiger partial charge in [-0.15, -0.1) is 0 Å². The molecule has 2 atom stereocenters. The first-order valence-electron chi connectivity index (χ1n) is 7.94. The molecule has 0 bridgehead atoms. The number of nitrogens with one attached hydrogen (secondary N) is 3. The fourth-order valence-electron chi connectivity index (χ4n) is 3.65. The quantitative estimate of drug-likeness (QED) is 0.679. The van der Waals surface area contributed by atoms with E-state index < -0.39 is 34.5 Å². The second-order valence-electron chi connectivity index (χ2n) is 6.63. The van der Waals surface area contributed by atoms with Crippen LogP contribution >= 0.6 is 0 Å². The molecule has 2 aliphatic rings. The van der Waals surface area contributed by atoms with Crippen LogP contribution in [0.4, 0.5) is 18.9 Å². The number of carbonyl (C=O) groups excluding carboxylic acids is 2. The van der Waals surface area contributed by atoms with Crippen LogP contribution in [0.1, 0.15) is 0 Å². The smallest absolute Gasteiger partial charge is 0.243 e. The first kappa shape index (κ1) is 17.7. The van der Waals surface area contributed by atoms with Crippen LogP contribution in [0.3, 0.4) is 0 Å². The Hall–Kier alpha value is -2.13. The minimum absolute atomic E-state index is 0.171. The maximum absolute atomic E-state index is 13.6. The minimum Gasteiger partial charge on any atom is -0.346 e. The second kappa shape index (κ2) is 6.64. The predicted molar refractivity (Wildman–Crippen MR) is 84.2 cm³/mol. The number of amides is 2. The van der Waals surface area contributed by atoms with Gasteiger partial charge in [0.25, 0.3) is 0 Å². The molecule has 136 valence electrons. The van der Waals surface area contributed by atoms with Gasteiger partial charge in [0, 0.05) is 32.1 Å². The molecule has 9 heteroatoms. The van der Waals surface area contributed by atoms with E-state index in [1.807, 2.05) is 7.05 Å². The van der Waals surface area contributed by atoms with Crippen molar-refractivity contribution in [3.8, 4) is 0 Å². The third-order valence-corrected chi connectivity index (χ3v) is 4.87. The predicted octanol–water partition coefficient (Wildman–Crippen LogP) is 0.310. The summed E-state index contributed by atoms with van der Waals surface area (Å²) < 4.78 is 39.6. The number of hydrogen-bond donors (Lipinski definition) is 3. The molecule has 2 heterocycles. The summed E-state index contributed by atoms with van der Waals surface area (Å²) in [7, 11) is 1.94. The van der Waals surface area contributed by atoms with E-state index in [1.54, 1.807) is 0 Å². The van der Waals surface area contributed by atoms with Crippen LogP contribution < -0.4 is 16.0 Å². The van der Waals surface area contributed by atoms with Gasteiger partial charge < -0.3 is 20.9 Å². The van der Waals surface area contributed by atoms with Crippen LogP contribution in [0, 0.1) is 28.8 Å². The topological polar surface area (TPSA) is 73.5 Å². The van der Waals surface area contributed by atoms with E-state index in [0.717, 1.165) is 19.2 Å². The average molecular weight is 356 g/mol. The SMILES string of the molecule is CN1C[C@H]2CNC[C@@]2(C(=O)NCC(=O)Nc2ccc(F)c(F)c2F)C1. The highest BCUT2D eigenvalue weighted by atomic mass is 19.2. The number of fused-ring (bicyclic) bond motifs is 1. The van der Waals surface area contributed by atoms with Gasteiger partial charge in [0.05, 0.1) is 17.6 Å². The summed E-state index contributed by atoms with van der Waals surface area (Å²) in [5, 5.41) is 7.89. The van der Waals surface area contributed by atoms with Crippen molar-refractivity contribution in [3.05, 3.63) is 29.6 Å². The van der Waals surface area contributed by atoms with E-state index >= 15 is 0 Å². The molecule has 2 amide bonds. The van der Waals surface area contributed by atoms with Gasteiger partial charge in [0.15, 0.2) is 17.5 Å². The Morgan fingerprint density at radius 2 is 2.08 bits per heavy atom. The normalized spacial score (nSPS) is 25.7. The fraction of sp³-hybridized carbons (Fsp3) is 0.500. The summed E-state index contributed by atoms with van der Waals surface area (Å²) in [6.45, 7) is 2.29. The lowest BCUT2D eigenvalue weighted by Crippen LogP contribution is -2.49. The Labute approximate surface area is 142 Å². The zero-order valence-electron chi connectivity index (χ0n) is 13.7. The molecule has 2 aliphatic heterocycles. The van der Waals surface area contributed by atoms with Crippen LogP contribution in [-0.2, 0) is 9.59 Å². The molecule has 1 aromatic carbocycles. The first-order chi connectivity index (χ1) is 11.8. The highest BCUT2D eigenvalue weighted by molar-refractivity contribution is 5.95. The summed E-state index contributed by atoms with van der Waals surface area (Å²) in [6, 6.07) is 1.64. The molecule has 0 aromatic heterocycles. The van der Waals surface area contributed by atoms with E-state index in [4.69, 9.17) is 0 Å². The Bertz CT molecular complexity index is 715. The van der Waals surface area contributed by atoms with Gasteiger partial charge in [0.2, 0.25) is 11.8 Å². The maximum Gasteiger partial charge on any atom is 0.243 e. The number of carbonyl (C=O) groups is 2. The molecule has 3 N–H and O–H groups in total. The van der Waals surface area contributed by atoms with E-state index in [1.165, 1.54) is 0 Å². The van der Waals surface area contributed by atoms with Crippen LogP contribution in [0.2, 0.25) is 0 Å². The first-order valence-corrected chi connectivity index (χ1v) is 7.94. The molecule has 0 aliphatic carbocycles. The van der Waals surface area contributed by atoms with Gasteiger partial charge in [-0.1, -0.05) is 0 Å². The van der Waals surface area contributed by atoms with E-state index in [9.17, 15) is 22.8 Å². The maximum atomic E-state index is 13.6. The van der Waals surface area contributed by atoms with Crippen molar-refractivity contribution in [2.24, 2.45) is 11.3 Å². The Morgan fingerprint density at radius 1 is 1.32 bits per heavy atom. The van der Waals surface area contributed by atoms with Crippen LogP contribution in [0.15, 0.2) is 12.1 Å². The van der Waals surface area contributed by atoms with Gasteiger partial charge in [-0.25, -0.2) is 13.2 Å². The lowest BCUT2D eigenvalue weighted by Gasteiger charge is -2.26. The third-order valence-electron chi connectivity index (χ3n) is 4.87. The van der Waals surface area contributed by atoms with Gasteiger partial charge in [-0.05, 0) is 19.2 Å². The van der Waals surface area contributed by atoms with E-state index in [2.05, 4.69) is 20.9 Å². The molecule has 0 radical (unpaired) electrons. The van der Waals surface area contributed by atoms with Crippen molar-refractivity contribution in [2.75, 3.05) is 45.1 Å². The largest absolute Gasteiger partial charge is 0.346 e. The number of halogens is 3. The molecule has 2 saturated heterocycles. The number of likely N-dealkylation sites (tertiary alicyclic amines) is 1. The average Bonchev–Trinajstić information content (AvgIpc) is 3.10. The van der Waals surface area contributed by atoms with Crippen molar-refractivity contribution in [1.82, 2.24) is 15.5 Å². The summed E-state index contributed by atoms with van der Waals surface area (Å²) in [4.78, 5) is 26.5. The van der Waals surface area contributed by atoms with Gasteiger partial charge in [-0.3, -0.25) is 9.59 Å². The van der Waals surface area contributed by atoms with Crippen molar-refractivity contribution < 1.29 is 22.8 Å². The van der Waals surface area contributed by atoms with Crippen LogP contribution in [0.5, 0.6) is 0 Å². The highest BCUT2D eigenvalue weighted by Gasteiger charge is 2.53. The number of hydrogen-bond acceptors (Lipinski definition) is 4. The van der Waals surface area contributed by atoms with Gasteiger partial charge in [0.1, 0.15) is 0 Å². The van der Waals surface area contributed by atoms with Crippen molar-refractivity contribution in [2.45, 2.75) is 0 Å². The van der Waals surface area contributed by atoms with Crippen molar-refractivity contribution in [3.63, 3.8) is 0 Å². The Morgan fingerprint density at radius 3 is 2.84 bits per heavy atom. The summed E-state index contributed by atoms with van der Waals surface area (Å²) in [6.07, 6.45) is 0. The van der Waals surface area contributed by atoms with E-state index in [-0.39, 0.29) is 18.4 Å². The standard InChI is InChI=1S/C16H19F3N4O2/c1-23-6-9-4-20-7-16(9,8-23)15(25)21-5-12(24)22-11-3-2-10(17)13(18)14(11)19/h2-3,9,20H,4-8H2,1H3,(H,21,25)(H,22,24)/t9-,16-/m1/s1.